The summed E-state index contributed by atoms with van der Waals surface area (Å²) in [5.41, 5.74) is 4.64. The van der Waals surface area contributed by atoms with E-state index in [1.807, 2.05) is 35.0 Å². The summed E-state index contributed by atoms with van der Waals surface area (Å²) >= 11 is 4.98. The van der Waals surface area contributed by atoms with Crippen LogP contribution in [0.2, 0.25) is 0 Å². The lowest BCUT2D eigenvalue weighted by Gasteiger charge is -2.45. The first-order valence-electron chi connectivity index (χ1n) is 9.11. The number of rotatable bonds is 3. The smallest absolute Gasteiger partial charge is 0.410 e. The van der Waals surface area contributed by atoms with E-state index < -0.39 is 5.60 Å². The highest BCUT2D eigenvalue weighted by Gasteiger charge is 2.47. The molecule has 0 radical (unpaired) electrons. The Hall–Kier alpha value is -2.15. The Bertz CT molecular complexity index is 1010. The van der Waals surface area contributed by atoms with Gasteiger partial charge in [-0.05, 0) is 43.6 Å². The van der Waals surface area contributed by atoms with Crippen LogP contribution in [-0.2, 0) is 10.3 Å². The molecule has 0 spiro atoms. The summed E-state index contributed by atoms with van der Waals surface area (Å²) in [7, 11) is 0. The van der Waals surface area contributed by atoms with Crippen molar-refractivity contribution in [2.45, 2.75) is 11.5 Å². The maximum absolute atomic E-state index is 12.5. The Morgan fingerprint density at radius 1 is 1.11 bits per heavy atom. The van der Waals surface area contributed by atoms with Crippen molar-refractivity contribution in [1.29, 1.82) is 0 Å². The van der Waals surface area contributed by atoms with Crippen LogP contribution in [0.3, 0.4) is 0 Å². The van der Waals surface area contributed by atoms with Crippen LogP contribution in [0.15, 0.2) is 63.8 Å². The Kier molecular flexibility index (Phi) is 4.30. The van der Waals surface area contributed by atoms with E-state index in [9.17, 15) is 9.90 Å². The molecule has 2 aromatic carbocycles. The van der Waals surface area contributed by atoms with Gasteiger partial charge >= 0.3 is 6.09 Å². The predicted octanol–water partition coefficient (Wildman–Crippen LogP) is 4.96. The number of benzene rings is 2. The van der Waals surface area contributed by atoms with E-state index in [0.29, 0.717) is 6.61 Å². The number of thiophene rings is 1. The molecule has 5 rings (SSSR count). The van der Waals surface area contributed by atoms with Gasteiger partial charge < -0.3 is 14.7 Å². The molecule has 4 nitrogen and oxygen atoms in total. The molecule has 0 unspecified atom stereocenters. The van der Waals surface area contributed by atoms with Gasteiger partial charge in [0.15, 0.2) is 0 Å². The Labute approximate surface area is 175 Å². The zero-order valence-corrected chi connectivity index (χ0v) is 17.4. The Morgan fingerprint density at radius 2 is 1.71 bits per heavy atom. The molecule has 3 aromatic rings. The van der Waals surface area contributed by atoms with E-state index in [-0.39, 0.29) is 25.1 Å². The molecule has 1 aliphatic heterocycles. The third kappa shape index (κ3) is 2.79. The third-order valence-corrected chi connectivity index (χ3v) is 7.32. The van der Waals surface area contributed by atoms with E-state index in [1.54, 1.807) is 4.90 Å². The number of fused-ring (bicyclic) bond motifs is 3. The van der Waals surface area contributed by atoms with Crippen LogP contribution in [0.4, 0.5) is 4.79 Å². The second-order valence-electron chi connectivity index (χ2n) is 7.33. The van der Waals surface area contributed by atoms with Crippen molar-refractivity contribution in [2.24, 2.45) is 0 Å². The molecule has 1 amide bonds. The van der Waals surface area contributed by atoms with Crippen LogP contribution in [0, 0.1) is 0 Å². The second-order valence-corrected chi connectivity index (χ2v) is 8.92. The standard InChI is InChI=1S/C22H18BrNO3S/c23-20-11-28-10-19(20)22(26)12-24(13-22)21(25)27-9-18-16-7-3-1-5-14(16)15-6-2-4-8-17(15)18/h1-8,10-11,18,26H,9,12-13H2. The van der Waals surface area contributed by atoms with Gasteiger partial charge in [0.2, 0.25) is 0 Å². The van der Waals surface area contributed by atoms with Crippen molar-refractivity contribution in [1.82, 2.24) is 4.90 Å². The number of amides is 1. The fourth-order valence-electron chi connectivity index (χ4n) is 4.18. The summed E-state index contributed by atoms with van der Waals surface area (Å²) in [5, 5.41) is 14.6. The van der Waals surface area contributed by atoms with Gasteiger partial charge in [-0.2, -0.15) is 11.3 Å². The first-order valence-corrected chi connectivity index (χ1v) is 10.8. The molecule has 0 bridgehead atoms. The summed E-state index contributed by atoms with van der Waals surface area (Å²) in [5.74, 6) is 0.0440. The monoisotopic (exact) mass is 455 g/mol. The number of hydrogen-bond acceptors (Lipinski definition) is 4. The van der Waals surface area contributed by atoms with Crippen LogP contribution >= 0.6 is 27.3 Å². The summed E-state index contributed by atoms with van der Waals surface area (Å²) in [6.45, 7) is 0.794. The zero-order valence-electron chi connectivity index (χ0n) is 15.0. The van der Waals surface area contributed by atoms with E-state index >= 15 is 0 Å². The molecular weight excluding hydrogens is 438 g/mol. The first-order chi connectivity index (χ1) is 13.6. The number of hydrogen-bond donors (Lipinski definition) is 1. The molecule has 1 fully saturated rings. The molecule has 1 aromatic heterocycles. The number of aliphatic hydroxyl groups is 1. The van der Waals surface area contributed by atoms with Crippen molar-refractivity contribution in [3.05, 3.63) is 80.5 Å². The molecule has 2 aliphatic rings. The maximum atomic E-state index is 12.5. The van der Waals surface area contributed by atoms with Crippen LogP contribution in [0.5, 0.6) is 0 Å². The van der Waals surface area contributed by atoms with E-state index in [1.165, 1.54) is 33.6 Å². The molecule has 1 aliphatic carbocycles. The van der Waals surface area contributed by atoms with Crippen molar-refractivity contribution >= 4 is 33.4 Å². The summed E-state index contributed by atoms with van der Waals surface area (Å²) in [6.07, 6.45) is -0.377. The Balaban J connectivity index is 1.28. The highest BCUT2D eigenvalue weighted by molar-refractivity contribution is 9.10. The van der Waals surface area contributed by atoms with Gasteiger partial charge in [0, 0.05) is 21.3 Å². The highest BCUT2D eigenvalue weighted by atomic mass is 79.9. The minimum absolute atomic E-state index is 0.0440. The summed E-state index contributed by atoms with van der Waals surface area (Å²) < 4.78 is 6.53. The number of nitrogens with zero attached hydrogens (tertiary/aromatic N) is 1. The maximum Gasteiger partial charge on any atom is 0.410 e. The third-order valence-electron chi connectivity index (χ3n) is 5.62. The summed E-state index contributed by atoms with van der Waals surface area (Å²) in [6, 6.07) is 16.5. The normalized spacial score (nSPS) is 17.0. The van der Waals surface area contributed by atoms with Gasteiger partial charge in [-0.15, -0.1) is 0 Å². The fraction of sp³-hybridized carbons (Fsp3) is 0.227. The molecule has 1 N–H and O–H groups in total. The van der Waals surface area contributed by atoms with Crippen LogP contribution in [-0.4, -0.2) is 35.8 Å². The van der Waals surface area contributed by atoms with E-state index in [0.717, 1.165) is 10.0 Å². The quantitative estimate of drug-likeness (QED) is 0.606. The lowest BCUT2D eigenvalue weighted by atomic mass is 9.88. The lowest BCUT2D eigenvalue weighted by molar-refractivity contribution is -0.0944. The van der Waals surface area contributed by atoms with Gasteiger partial charge in [-0.1, -0.05) is 48.5 Å². The van der Waals surface area contributed by atoms with Crippen molar-refractivity contribution < 1.29 is 14.6 Å². The molecule has 1 saturated heterocycles. The highest BCUT2D eigenvalue weighted by Crippen LogP contribution is 2.45. The number of likely N-dealkylation sites (tertiary alicyclic amines) is 1. The number of carbonyl (C=O) groups is 1. The Morgan fingerprint density at radius 3 is 2.29 bits per heavy atom. The molecule has 6 heteroatoms. The van der Waals surface area contributed by atoms with Crippen molar-refractivity contribution in [3.8, 4) is 11.1 Å². The number of halogens is 1. The predicted molar refractivity (Wildman–Crippen MR) is 113 cm³/mol. The van der Waals surface area contributed by atoms with Gasteiger partial charge in [0.1, 0.15) is 12.2 Å². The largest absolute Gasteiger partial charge is 0.448 e. The second kappa shape index (κ2) is 6.72. The number of β-amino-alcohol motifs (C(OH)–C–C–N with tert-alkyl or cyclic N) is 1. The molecule has 28 heavy (non-hydrogen) atoms. The van der Waals surface area contributed by atoms with Crippen molar-refractivity contribution in [2.75, 3.05) is 19.7 Å². The van der Waals surface area contributed by atoms with E-state index in [4.69, 9.17) is 4.74 Å². The molecule has 142 valence electrons. The van der Waals surface area contributed by atoms with Crippen LogP contribution < -0.4 is 0 Å². The molecular formula is C22H18BrNO3S. The zero-order chi connectivity index (χ0) is 19.3. The van der Waals surface area contributed by atoms with Gasteiger partial charge in [0.05, 0.1) is 13.1 Å². The topological polar surface area (TPSA) is 49.8 Å². The van der Waals surface area contributed by atoms with Crippen LogP contribution in [0.25, 0.3) is 11.1 Å². The van der Waals surface area contributed by atoms with Gasteiger partial charge in [0.25, 0.3) is 0 Å². The SMILES string of the molecule is O=C(OCC1c2ccccc2-c2ccccc21)N1CC(O)(c2cscc2Br)C1. The molecule has 0 atom stereocenters. The first kappa shape index (κ1) is 17.9. The number of ether oxygens (including phenoxy) is 1. The van der Waals surface area contributed by atoms with Gasteiger partial charge in [-0.25, -0.2) is 4.79 Å². The van der Waals surface area contributed by atoms with Crippen molar-refractivity contribution in [3.63, 3.8) is 0 Å². The summed E-state index contributed by atoms with van der Waals surface area (Å²) in [4.78, 5) is 14.1. The fourth-order valence-corrected chi connectivity index (χ4v) is 5.94. The minimum atomic E-state index is -0.996. The number of carbonyl (C=O) groups excluding carboxylic acids is 1. The molecule has 0 saturated carbocycles. The lowest BCUT2D eigenvalue weighted by Crippen LogP contribution is -2.61. The average molecular weight is 456 g/mol. The van der Waals surface area contributed by atoms with E-state index in [2.05, 4.69) is 40.2 Å². The average Bonchev–Trinajstić information content (AvgIpc) is 3.25. The van der Waals surface area contributed by atoms with Crippen LogP contribution in [0.1, 0.15) is 22.6 Å². The molecule has 2 heterocycles. The van der Waals surface area contributed by atoms with Gasteiger partial charge in [-0.3, -0.25) is 0 Å². The minimum Gasteiger partial charge on any atom is -0.448 e.